The third kappa shape index (κ3) is 5.13. The van der Waals surface area contributed by atoms with Gasteiger partial charge in [-0.05, 0) is 107 Å². The molecule has 0 radical (unpaired) electrons. The lowest BCUT2D eigenvalue weighted by Gasteiger charge is -2.61. The van der Waals surface area contributed by atoms with E-state index in [1.54, 1.807) is 0 Å². The van der Waals surface area contributed by atoms with Crippen molar-refractivity contribution in [2.75, 3.05) is 32.7 Å². The van der Waals surface area contributed by atoms with Crippen LogP contribution in [0.4, 0.5) is 0 Å². The highest BCUT2D eigenvalue weighted by atomic mass is 16.5. The molecule has 0 N–H and O–H groups in total. The monoisotopic (exact) mass is 689 g/mol. The molecule has 4 saturated carbocycles. The first-order valence-corrected chi connectivity index (χ1v) is 21.2. The van der Waals surface area contributed by atoms with Crippen molar-refractivity contribution in [3.63, 3.8) is 0 Å². The number of hydrogen-bond acceptors (Lipinski definition) is 6. The van der Waals surface area contributed by atoms with E-state index in [9.17, 15) is 4.79 Å². The van der Waals surface area contributed by atoms with Gasteiger partial charge in [0.05, 0.1) is 29.8 Å². The van der Waals surface area contributed by atoms with Gasteiger partial charge in [0.15, 0.2) is 0 Å². The molecule has 0 aromatic heterocycles. The average Bonchev–Trinajstić information content (AvgIpc) is 3.82. The van der Waals surface area contributed by atoms with E-state index in [-0.39, 0.29) is 35.2 Å². The number of piperidine rings is 1. The second-order valence-corrected chi connectivity index (χ2v) is 19.2. The van der Waals surface area contributed by atoms with Crippen molar-refractivity contribution < 1.29 is 19.1 Å². The van der Waals surface area contributed by atoms with Gasteiger partial charge in [-0.2, -0.15) is 0 Å². The number of hydrogen-bond donors (Lipinski definition) is 0. The number of ether oxygens (including phenoxy) is 2. The Bertz CT molecular complexity index is 1320. The van der Waals surface area contributed by atoms with Crippen LogP contribution >= 0.6 is 0 Å². The minimum Gasteiger partial charge on any atom is -0.373 e. The first kappa shape index (κ1) is 35.7. The minimum absolute atomic E-state index is 0.0233. The van der Waals surface area contributed by atoms with Crippen LogP contribution in [0.5, 0.6) is 0 Å². The highest BCUT2D eigenvalue weighted by molar-refractivity contribution is 5.97. The van der Waals surface area contributed by atoms with Crippen LogP contribution in [0.25, 0.3) is 0 Å². The van der Waals surface area contributed by atoms with Crippen LogP contribution < -0.4 is 0 Å². The summed E-state index contributed by atoms with van der Waals surface area (Å²) in [5, 5.41) is 0. The van der Waals surface area contributed by atoms with Crippen molar-refractivity contribution in [1.82, 2.24) is 9.80 Å². The maximum absolute atomic E-state index is 15.2. The zero-order valence-corrected chi connectivity index (χ0v) is 32.1. The first-order valence-electron chi connectivity index (χ1n) is 21.2. The molecule has 12 atom stereocenters. The number of ketones is 1. The minimum atomic E-state index is -0.762. The molecule has 3 aliphatic heterocycles. The van der Waals surface area contributed by atoms with Gasteiger partial charge in [0.25, 0.3) is 0 Å². The van der Waals surface area contributed by atoms with Gasteiger partial charge in [-0.15, -0.1) is 6.58 Å². The zero-order chi connectivity index (χ0) is 35.0. The Morgan fingerprint density at radius 2 is 1.68 bits per heavy atom. The number of nitrogens with zero attached hydrogens (tertiary/aromatic N) is 2. The highest BCUT2D eigenvalue weighted by Crippen LogP contribution is 2.84. The van der Waals surface area contributed by atoms with Crippen molar-refractivity contribution in [3.05, 3.63) is 24.3 Å². The zero-order valence-electron chi connectivity index (χ0n) is 32.1. The summed E-state index contributed by atoms with van der Waals surface area (Å²) in [5.41, 5.74) is -0.425. The Kier molecular flexibility index (Phi) is 9.64. The molecule has 0 spiro atoms. The number of Topliss-reactive ketones (excluding diaryl/α,β-unsaturated/α-hetero) is 1. The van der Waals surface area contributed by atoms with Crippen molar-refractivity contribution in [2.45, 2.75) is 149 Å². The van der Waals surface area contributed by atoms with Gasteiger partial charge in [0, 0.05) is 42.9 Å². The number of fused-ring (bicyclic) bond motifs is 2. The number of likely N-dealkylation sites (tertiary alicyclic amines) is 1. The lowest BCUT2D eigenvalue weighted by atomic mass is 9.40. The molecule has 3 heterocycles. The molecule has 8 aliphatic rings. The second kappa shape index (κ2) is 13.5. The van der Waals surface area contributed by atoms with E-state index >= 15 is 4.79 Å². The lowest BCUT2D eigenvalue weighted by molar-refractivity contribution is -0.183. The van der Waals surface area contributed by atoms with Gasteiger partial charge >= 0.3 is 0 Å². The van der Waals surface area contributed by atoms with Crippen LogP contribution in [-0.2, 0) is 19.1 Å². The van der Waals surface area contributed by atoms with Crippen molar-refractivity contribution >= 4 is 12.1 Å². The molecule has 0 amide bonds. The van der Waals surface area contributed by atoms with Crippen molar-refractivity contribution in [3.8, 4) is 0 Å². The third-order valence-corrected chi connectivity index (χ3v) is 16.5. The van der Waals surface area contributed by atoms with Gasteiger partial charge < -0.3 is 19.2 Å². The fraction of sp³-hybridized carbons (Fsp3) is 0.864. The Balaban J connectivity index is 1.12. The van der Waals surface area contributed by atoms with Crippen molar-refractivity contribution in [2.24, 2.45) is 57.7 Å². The lowest BCUT2D eigenvalue weighted by Crippen LogP contribution is -2.65. The van der Waals surface area contributed by atoms with Crippen LogP contribution in [0.15, 0.2) is 24.3 Å². The molecule has 4 bridgehead atoms. The van der Waals surface area contributed by atoms with E-state index in [1.165, 1.54) is 63.2 Å². The molecule has 3 saturated heterocycles. The first-order chi connectivity index (χ1) is 24.1. The largest absolute Gasteiger partial charge is 0.373 e. The fourth-order valence-corrected chi connectivity index (χ4v) is 14.9. The quantitative estimate of drug-likeness (QED) is 0.172. The Hall–Kier alpha value is -1.34. The summed E-state index contributed by atoms with van der Waals surface area (Å²) in [6, 6.07) is 0.649. The van der Waals surface area contributed by atoms with E-state index in [4.69, 9.17) is 9.47 Å². The molecule has 8 rings (SSSR count). The van der Waals surface area contributed by atoms with Crippen LogP contribution in [0.2, 0.25) is 0 Å². The van der Waals surface area contributed by atoms with Crippen molar-refractivity contribution in [1.29, 1.82) is 0 Å². The normalized spacial score (nSPS) is 47.1. The molecule has 6 heteroatoms. The molecule has 50 heavy (non-hydrogen) atoms. The molecule has 7 fully saturated rings. The Morgan fingerprint density at radius 1 is 0.960 bits per heavy atom. The molecule has 0 aromatic carbocycles. The van der Waals surface area contributed by atoms with Crippen LogP contribution in [0.3, 0.4) is 0 Å². The molecule has 4 unspecified atom stereocenters. The average molecular weight is 689 g/mol. The molecular formula is C44H68N2O4. The molecule has 0 aromatic rings. The predicted molar refractivity (Wildman–Crippen MR) is 199 cm³/mol. The second-order valence-electron chi connectivity index (χ2n) is 19.2. The highest BCUT2D eigenvalue weighted by Gasteiger charge is 2.85. The maximum Gasteiger partial charge on any atom is 0.148 e. The smallest absolute Gasteiger partial charge is 0.148 e. The molecule has 278 valence electrons. The third-order valence-electron chi connectivity index (χ3n) is 16.5. The number of allylic oxidation sites excluding steroid dienone is 3. The summed E-state index contributed by atoms with van der Waals surface area (Å²) in [4.78, 5) is 34.6. The summed E-state index contributed by atoms with van der Waals surface area (Å²) < 4.78 is 13.8. The number of rotatable bonds is 10. The Morgan fingerprint density at radius 3 is 2.34 bits per heavy atom. The van der Waals surface area contributed by atoms with E-state index in [0.717, 1.165) is 58.4 Å². The number of carbonyl (C=O) groups excluding carboxylic acids is 2. The van der Waals surface area contributed by atoms with E-state index in [0.29, 0.717) is 54.3 Å². The maximum atomic E-state index is 15.2. The number of aldehydes is 1. The Labute approximate surface area is 303 Å². The molecule has 5 aliphatic carbocycles. The van der Waals surface area contributed by atoms with Gasteiger partial charge in [0.1, 0.15) is 12.1 Å². The summed E-state index contributed by atoms with van der Waals surface area (Å²) >= 11 is 0. The molecule has 6 nitrogen and oxygen atoms in total. The number of carbonyl (C=O) groups is 2. The van der Waals surface area contributed by atoms with Gasteiger partial charge in [-0.25, -0.2) is 0 Å². The topological polar surface area (TPSA) is 59.1 Å². The summed E-state index contributed by atoms with van der Waals surface area (Å²) in [6.07, 6.45) is 21.2. The summed E-state index contributed by atoms with van der Waals surface area (Å²) in [5.74, 6) is 3.37. The van der Waals surface area contributed by atoms with Crippen LogP contribution in [-0.4, -0.2) is 85.1 Å². The van der Waals surface area contributed by atoms with Gasteiger partial charge in [0.2, 0.25) is 0 Å². The van der Waals surface area contributed by atoms with Gasteiger partial charge in [-0.1, -0.05) is 77.0 Å². The van der Waals surface area contributed by atoms with E-state index in [1.807, 2.05) is 6.08 Å². The summed E-state index contributed by atoms with van der Waals surface area (Å²) in [6.45, 7) is 20.9. The van der Waals surface area contributed by atoms with E-state index < -0.39 is 10.8 Å². The number of morpholine rings is 1. The van der Waals surface area contributed by atoms with Crippen LogP contribution in [0.1, 0.15) is 118 Å². The molecular weight excluding hydrogens is 620 g/mol. The standard InChI is InChI=1S/C44H68N2O4/c1-7-11-40(48)44-38(28(2)3)20-33-22-42(44,27-47)37-15-14-29(4)36(37)23-43(33,44)41-21-35(32-12-9-8-10-13-32)39(50-41)26-45-18-16-34(17-19-45)46-24-30(5)49-31(6)25-46/h7,20,27-37,39,41H,1,8-19,21-26H2,2-6H3/t29-,30-,31+,33?,35+,36-,37-,39+,41-,42?,43?,44?/m1/s1. The van der Waals surface area contributed by atoms with E-state index in [2.05, 4.69) is 57.1 Å². The van der Waals surface area contributed by atoms with Gasteiger partial charge in [-0.3, -0.25) is 9.69 Å². The van der Waals surface area contributed by atoms with Crippen LogP contribution in [0, 0.1) is 57.7 Å². The fourth-order valence-electron chi connectivity index (χ4n) is 14.9. The summed E-state index contributed by atoms with van der Waals surface area (Å²) in [7, 11) is 0. The SMILES string of the molecule is C=CCC(=O)C12C(C(C)C)=CC3CC1(C=O)[C@@H]1CC[C@@H](C)[C@H]1CC32[C@H]1C[C@@H](C2CCCCC2)[C@H](CN2CCC(N3C[C@@H](C)O[C@@H](C)C3)CC2)O1. The predicted octanol–water partition coefficient (Wildman–Crippen LogP) is 7.90.